The second kappa shape index (κ2) is 9.18. The molecule has 1 amide bonds. The van der Waals surface area contributed by atoms with Crippen LogP contribution in [0.3, 0.4) is 0 Å². The molecule has 3 nitrogen and oxygen atoms in total. The van der Waals surface area contributed by atoms with Gasteiger partial charge in [0.15, 0.2) is 0 Å². The van der Waals surface area contributed by atoms with Crippen molar-refractivity contribution >= 4 is 23.2 Å². The van der Waals surface area contributed by atoms with Gasteiger partial charge < -0.3 is 10.1 Å². The Hall–Kier alpha value is -2.42. The molecule has 2 rings (SSSR count). The zero-order valence-corrected chi connectivity index (χ0v) is 15.7. The molecule has 2 aromatic rings. The molecule has 0 aromatic heterocycles. The van der Waals surface area contributed by atoms with E-state index in [-0.39, 0.29) is 27.8 Å². The average Bonchev–Trinajstić information content (AvgIpc) is 2.60. The highest BCUT2D eigenvalue weighted by atomic mass is 35.5. The zero-order valence-electron chi connectivity index (χ0n) is 14.9. The van der Waals surface area contributed by atoms with Gasteiger partial charge in [0.2, 0.25) is 0 Å². The van der Waals surface area contributed by atoms with E-state index < -0.39 is 23.8 Å². The van der Waals surface area contributed by atoms with Crippen LogP contribution in [0.2, 0.25) is 5.02 Å². The molecule has 0 saturated heterocycles. The fourth-order valence-corrected chi connectivity index (χ4v) is 2.10. The molecule has 0 atom stereocenters. The highest BCUT2D eigenvalue weighted by molar-refractivity contribution is 6.32. The minimum Gasteiger partial charge on any atom is -0.456 e. The van der Waals surface area contributed by atoms with Gasteiger partial charge in [-0.05, 0) is 48.9 Å². The van der Waals surface area contributed by atoms with E-state index in [1.54, 1.807) is 5.32 Å². The van der Waals surface area contributed by atoms with Crippen molar-refractivity contribution in [1.29, 1.82) is 0 Å². The minimum absolute atomic E-state index is 0.00827. The SMILES string of the molecule is CC.Cc1cc(Oc2ccc(C(F)(F)F)cc2)c(Cl)cc1NC(=O)C(F)(F)F. The Morgan fingerprint density at radius 3 is 2.00 bits per heavy atom. The number of ether oxygens (including phenoxy) is 1. The quantitative estimate of drug-likeness (QED) is 0.536. The van der Waals surface area contributed by atoms with E-state index in [9.17, 15) is 31.1 Å². The average molecular weight is 428 g/mol. The predicted molar refractivity (Wildman–Crippen MR) is 93.7 cm³/mol. The Balaban J connectivity index is 0.00000190. The number of hydrogen-bond acceptors (Lipinski definition) is 2. The Kier molecular flexibility index (Phi) is 7.75. The van der Waals surface area contributed by atoms with Crippen molar-refractivity contribution in [3.8, 4) is 11.5 Å². The van der Waals surface area contributed by atoms with Crippen molar-refractivity contribution in [2.45, 2.75) is 33.1 Å². The molecule has 10 heteroatoms. The smallest absolute Gasteiger partial charge is 0.456 e. The Bertz CT molecular complexity index is 817. The lowest BCUT2D eigenvalue weighted by Gasteiger charge is -2.14. The number of carbonyl (C=O) groups is 1. The molecule has 0 aliphatic rings. The lowest BCUT2D eigenvalue weighted by atomic mass is 10.2. The summed E-state index contributed by atoms with van der Waals surface area (Å²) in [6.45, 7) is 5.40. The van der Waals surface area contributed by atoms with Crippen molar-refractivity contribution in [3.63, 3.8) is 0 Å². The molecule has 0 spiro atoms. The van der Waals surface area contributed by atoms with E-state index in [0.29, 0.717) is 0 Å². The maximum atomic E-state index is 12.5. The van der Waals surface area contributed by atoms with Crippen LogP contribution in [0.5, 0.6) is 11.5 Å². The third-order valence-electron chi connectivity index (χ3n) is 3.19. The van der Waals surface area contributed by atoms with Gasteiger partial charge >= 0.3 is 18.3 Å². The molecule has 0 unspecified atom stereocenters. The van der Waals surface area contributed by atoms with Gasteiger partial charge in [0.25, 0.3) is 0 Å². The lowest BCUT2D eigenvalue weighted by molar-refractivity contribution is -0.167. The van der Waals surface area contributed by atoms with Crippen LogP contribution in [0.1, 0.15) is 25.0 Å². The molecule has 2 aromatic carbocycles. The van der Waals surface area contributed by atoms with Crippen LogP contribution in [-0.2, 0) is 11.0 Å². The number of anilines is 1. The summed E-state index contributed by atoms with van der Waals surface area (Å²) in [4.78, 5) is 11.0. The number of carbonyl (C=O) groups excluding carboxylic acids is 1. The second-order valence-electron chi connectivity index (χ2n) is 5.17. The number of halogens is 7. The van der Waals surface area contributed by atoms with Crippen molar-refractivity contribution in [1.82, 2.24) is 0 Å². The monoisotopic (exact) mass is 427 g/mol. The van der Waals surface area contributed by atoms with Gasteiger partial charge in [0, 0.05) is 5.69 Å². The number of rotatable bonds is 3. The number of nitrogens with one attached hydrogen (secondary N) is 1. The lowest BCUT2D eigenvalue weighted by Crippen LogP contribution is -2.30. The fraction of sp³-hybridized carbons (Fsp3) is 0.278. The topological polar surface area (TPSA) is 38.3 Å². The van der Waals surface area contributed by atoms with E-state index in [1.807, 2.05) is 13.8 Å². The highest BCUT2D eigenvalue weighted by Crippen LogP contribution is 2.36. The predicted octanol–water partition coefficient (Wildman–Crippen LogP) is 6.99. The summed E-state index contributed by atoms with van der Waals surface area (Å²) >= 11 is 5.92. The van der Waals surface area contributed by atoms with Gasteiger partial charge in [-0.15, -0.1) is 0 Å². The van der Waals surface area contributed by atoms with Gasteiger partial charge in [0.1, 0.15) is 11.5 Å². The van der Waals surface area contributed by atoms with Gasteiger partial charge in [-0.25, -0.2) is 0 Å². The van der Waals surface area contributed by atoms with E-state index >= 15 is 0 Å². The van der Waals surface area contributed by atoms with Gasteiger partial charge in [-0.3, -0.25) is 4.79 Å². The van der Waals surface area contributed by atoms with E-state index in [2.05, 4.69) is 0 Å². The van der Waals surface area contributed by atoms with Crippen molar-refractivity contribution in [2.24, 2.45) is 0 Å². The number of alkyl halides is 6. The van der Waals surface area contributed by atoms with Crippen molar-refractivity contribution in [3.05, 3.63) is 52.5 Å². The Morgan fingerprint density at radius 1 is 1.00 bits per heavy atom. The molecule has 0 radical (unpaired) electrons. The van der Waals surface area contributed by atoms with Gasteiger partial charge in [-0.2, -0.15) is 26.3 Å². The first-order valence-corrected chi connectivity index (χ1v) is 8.29. The van der Waals surface area contributed by atoms with E-state index in [1.165, 1.54) is 13.0 Å². The van der Waals surface area contributed by atoms with Crippen LogP contribution < -0.4 is 10.1 Å². The highest BCUT2D eigenvalue weighted by Gasteiger charge is 2.39. The standard InChI is InChI=1S/C16H10ClF6NO2.C2H6/c1-8-6-13(11(17)7-12(8)24-14(25)16(21,22)23)26-10-4-2-9(3-5-10)15(18,19)20;1-2/h2-7H,1H3,(H,24,25);1-2H3. The normalized spacial score (nSPS) is 11.4. The summed E-state index contributed by atoms with van der Waals surface area (Å²) in [7, 11) is 0. The third kappa shape index (κ3) is 6.33. The molecule has 0 aliphatic carbocycles. The third-order valence-corrected chi connectivity index (χ3v) is 3.49. The summed E-state index contributed by atoms with van der Waals surface area (Å²) in [5.41, 5.74) is -0.816. The fourth-order valence-electron chi connectivity index (χ4n) is 1.90. The summed E-state index contributed by atoms with van der Waals surface area (Å²) < 4.78 is 79.8. The van der Waals surface area contributed by atoms with Gasteiger partial charge in [-0.1, -0.05) is 25.4 Å². The Morgan fingerprint density at radius 2 is 1.54 bits per heavy atom. The minimum atomic E-state index is -5.06. The number of hydrogen-bond donors (Lipinski definition) is 1. The largest absolute Gasteiger partial charge is 0.471 e. The first-order chi connectivity index (χ1) is 12.9. The van der Waals surface area contributed by atoms with Gasteiger partial charge in [0.05, 0.1) is 10.6 Å². The number of aryl methyl sites for hydroxylation is 1. The number of amides is 1. The molecular weight excluding hydrogens is 412 g/mol. The van der Waals surface area contributed by atoms with Crippen LogP contribution in [0.25, 0.3) is 0 Å². The van der Waals surface area contributed by atoms with E-state index in [0.717, 1.165) is 30.3 Å². The molecule has 1 N–H and O–H groups in total. The van der Waals surface area contributed by atoms with Crippen LogP contribution in [0.15, 0.2) is 36.4 Å². The Labute approximate surface area is 162 Å². The summed E-state index contributed by atoms with van der Waals surface area (Å²) in [5, 5.41) is 1.55. The maximum absolute atomic E-state index is 12.5. The molecule has 0 heterocycles. The molecule has 28 heavy (non-hydrogen) atoms. The van der Waals surface area contributed by atoms with E-state index in [4.69, 9.17) is 16.3 Å². The molecule has 0 bridgehead atoms. The van der Waals surface area contributed by atoms with Crippen molar-refractivity contribution in [2.75, 3.05) is 5.32 Å². The molecule has 0 saturated carbocycles. The first-order valence-electron chi connectivity index (χ1n) is 7.91. The first kappa shape index (κ1) is 23.6. The molecule has 154 valence electrons. The van der Waals surface area contributed by atoms with Crippen LogP contribution in [-0.4, -0.2) is 12.1 Å². The number of benzene rings is 2. The second-order valence-corrected chi connectivity index (χ2v) is 5.58. The zero-order chi connectivity index (χ0) is 21.7. The van der Waals surface area contributed by atoms with Crippen LogP contribution in [0, 0.1) is 6.92 Å². The van der Waals surface area contributed by atoms with Crippen LogP contribution in [0.4, 0.5) is 32.0 Å². The summed E-state index contributed by atoms with van der Waals surface area (Å²) in [5.74, 6) is -2.10. The van der Waals surface area contributed by atoms with Crippen molar-refractivity contribution < 1.29 is 35.9 Å². The summed E-state index contributed by atoms with van der Waals surface area (Å²) in [6.07, 6.45) is -9.56. The molecule has 0 fully saturated rings. The molecule has 0 aliphatic heterocycles. The van der Waals surface area contributed by atoms with Crippen LogP contribution >= 0.6 is 11.6 Å². The summed E-state index contributed by atoms with van der Waals surface area (Å²) in [6, 6.07) is 6.09. The maximum Gasteiger partial charge on any atom is 0.471 e. The molecular formula is C18H16ClF6NO2.